The highest BCUT2D eigenvalue weighted by Gasteiger charge is 2.37. The number of nitrogens with zero attached hydrogens (tertiary/aromatic N) is 3. The van der Waals surface area contributed by atoms with Crippen LogP contribution in [0.25, 0.3) is 0 Å². The van der Waals surface area contributed by atoms with Crippen molar-refractivity contribution in [2.45, 2.75) is 24.9 Å². The highest BCUT2D eigenvalue weighted by Crippen LogP contribution is 2.38. The summed E-state index contributed by atoms with van der Waals surface area (Å²) < 4.78 is 21.6. The van der Waals surface area contributed by atoms with Crippen LogP contribution in [0.1, 0.15) is 12.6 Å². The molecule has 0 unspecified atom stereocenters. The first-order valence-electron chi connectivity index (χ1n) is 6.47. The molecule has 1 fully saturated rings. The van der Waals surface area contributed by atoms with Crippen LogP contribution in [0.15, 0.2) is 17.1 Å². The number of phosphoric acid groups is 1. The lowest BCUT2D eigenvalue weighted by Crippen LogP contribution is -2.29. The van der Waals surface area contributed by atoms with Gasteiger partial charge in [0, 0.05) is 26.7 Å². The van der Waals surface area contributed by atoms with E-state index in [0.29, 0.717) is 5.82 Å². The molecular formula is C11H18N3O7P. The molecule has 0 saturated carbocycles. The SMILES string of the molecule is CN(C)c1ccn([C@H]2C[C@H](O)[C@@H](COP(=O)(O)O)O2)c(=O)n1. The van der Waals surface area contributed by atoms with Crippen molar-refractivity contribution in [2.75, 3.05) is 25.6 Å². The maximum Gasteiger partial charge on any atom is 0.469 e. The zero-order valence-corrected chi connectivity index (χ0v) is 13.0. The smallest absolute Gasteiger partial charge is 0.390 e. The summed E-state index contributed by atoms with van der Waals surface area (Å²) in [6.45, 7) is -0.472. The van der Waals surface area contributed by atoms with Gasteiger partial charge in [0.1, 0.15) is 18.1 Å². The number of ether oxygens (including phenoxy) is 1. The second kappa shape index (κ2) is 6.45. The first-order chi connectivity index (χ1) is 10.2. The van der Waals surface area contributed by atoms with Gasteiger partial charge in [0.2, 0.25) is 0 Å². The second-order valence-electron chi connectivity index (χ2n) is 5.09. The summed E-state index contributed by atoms with van der Waals surface area (Å²) in [4.78, 5) is 34.8. The Morgan fingerprint density at radius 1 is 1.55 bits per heavy atom. The summed E-state index contributed by atoms with van der Waals surface area (Å²) in [5, 5.41) is 9.85. The zero-order chi connectivity index (χ0) is 16.5. The molecule has 0 amide bonds. The van der Waals surface area contributed by atoms with Gasteiger partial charge >= 0.3 is 13.5 Å². The Hall–Kier alpha value is -1.29. The number of hydrogen-bond acceptors (Lipinski definition) is 7. The van der Waals surface area contributed by atoms with Crippen LogP contribution in [0, 0.1) is 0 Å². The normalized spacial score (nSPS) is 25.4. The third-order valence-electron chi connectivity index (χ3n) is 3.19. The Morgan fingerprint density at radius 3 is 2.77 bits per heavy atom. The molecule has 1 saturated heterocycles. The van der Waals surface area contributed by atoms with Crippen LogP contribution >= 0.6 is 7.82 Å². The van der Waals surface area contributed by atoms with Crippen LogP contribution in [0.2, 0.25) is 0 Å². The molecule has 3 N–H and O–H groups in total. The lowest BCUT2D eigenvalue weighted by molar-refractivity contribution is -0.0450. The summed E-state index contributed by atoms with van der Waals surface area (Å²) in [5.41, 5.74) is -0.542. The van der Waals surface area contributed by atoms with Gasteiger partial charge in [-0.05, 0) is 6.07 Å². The molecule has 0 radical (unpaired) electrons. The minimum absolute atomic E-state index is 0.0953. The summed E-state index contributed by atoms with van der Waals surface area (Å²) in [7, 11) is -1.15. The van der Waals surface area contributed by atoms with E-state index in [9.17, 15) is 14.5 Å². The molecular weight excluding hydrogens is 317 g/mol. The van der Waals surface area contributed by atoms with Crippen molar-refractivity contribution >= 4 is 13.6 Å². The van der Waals surface area contributed by atoms with Gasteiger partial charge in [-0.3, -0.25) is 9.09 Å². The summed E-state index contributed by atoms with van der Waals surface area (Å²) in [5.74, 6) is 0.487. The van der Waals surface area contributed by atoms with E-state index in [2.05, 4.69) is 9.51 Å². The van der Waals surface area contributed by atoms with E-state index >= 15 is 0 Å². The van der Waals surface area contributed by atoms with Crippen LogP contribution in [0.3, 0.4) is 0 Å². The van der Waals surface area contributed by atoms with Crippen molar-refractivity contribution in [1.29, 1.82) is 0 Å². The van der Waals surface area contributed by atoms with Gasteiger partial charge in [-0.15, -0.1) is 0 Å². The summed E-state index contributed by atoms with van der Waals surface area (Å²) in [6, 6.07) is 1.62. The van der Waals surface area contributed by atoms with E-state index < -0.39 is 38.6 Å². The number of aliphatic hydroxyl groups is 1. The van der Waals surface area contributed by atoms with Crippen LogP contribution < -0.4 is 10.6 Å². The van der Waals surface area contributed by atoms with Crippen molar-refractivity contribution in [1.82, 2.24) is 9.55 Å². The third kappa shape index (κ3) is 4.13. The number of hydrogen-bond donors (Lipinski definition) is 3. The zero-order valence-electron chi connectivity index (χ0n) is 12.1. The van der Waals surface area contributed by atoms with Gasteiger partial charge < -0.3 is 24.5 Å². The molecule has 2 rings (SSSR count). The fourth-order valence-electron chi connectivity index (χ4n) is 2.08. The number of aliphatic hydroxyl groups excluding tert-OH is 1. The fraction of sp³-hybridized carbons (Fsp3) is 0.636. The van der Waals surface area contributed by atoms with Gasteiger partial charge in [0.15, 0.2) is 0 Å². The van der Waals surface area contributed by atoms with E-state index in [1.54, 1.807) is 25.1 Å². The minimum Gasteiger partial charge on any atom is -0.390 e. The topological polar surface area (TPSA) is 134 Å². The molecule has 0 aromatic carbocycles. The van der Waals surface area contributed by atoms with Crippen molar-refractivity contribution in [3.8, 4) is 0 Å². The lowest BCUT2D eigenvalue weighted by Gasteiger charge is -2.17. The van der Waals surface area contributed by atoms with Crippen LogP contribution in [-0.2, 0) is 13.8 Å². The molecule has 1 aliphatic heterocycles. The van der Waals surface area contributed by atoms with E-state index in [-0.39, 0.29) is 6.42 Å². The van der Waals surface area contributed by atoms with Crippen LogP contribution in [0.5, 0.6) is 0 Å². The van der Waals surface area contributed by atoms with Crippen LogP contribution in [-0.4, -0.2) is 57.4 Å². The van der Waals surface area contributed by atoms with E-state index in [1.807, 2.05) is 0 Å². The predicted molar refractivity (Wildman–Crippen MR) is 75.4 cm³/mol. The van der Waals surface area contributed by atoms with Gasteiger partial charge in [0.05, 0.1) is 12.7 Å². The first kappa shape index (κ1) is 17.1. The average molecular weight is 335 g/mol. The minimum atomic E-state index is -4.64. The van der Waals surface area contributed by atoms with Crippen LogP contribution in [0.4, 0.5) is 5.82 Å². The van der Waals surface area contributed by atoms with Gasteiger partial charge in [-0.2, -0.15) is 4.98 Å². The van der Waals surface area contributed by atoms with Crippen molar-refractivity contribution in [3.63, 3.8) is 0 Å². The molecule has 1 aromatic heterocycles. The monoisotopic (exact) mass is 335 g/mol. The molecule has 22 heavy (non-hydrogen) atoms. The molecule has 2 heterocycles. The Morgan fingerprint density at radius 2 is 2.23 bits per heavy atom. The second-order valence-corrected chi connectivity index (χ2v) is 6.33. The van der Waals surface area contributed by atoms with Gasteiger partial charge in [0.25, 0.3) is 0 Å². The third-order valence-corrected chi connectivity index (χ3v) is 3.68. The van der Waals surface area contributed by atoms with E-state index in [0.717, 1.165) is 0 Å². The van der Waals surface area contributed by atoms with E-state index in [4.69, 9.17) is 14.5 Å². The van der Waals surface area contributed by atoms with Gasteiger partial charge in [-0.1, -0.05) is 0 Å². The summed E-state index contributed by atoms with van der Waals surface area (Å²) >= 11 is 0. The molecule has 1 aromatic rings. The molecule has 10 nitrogen and oxygen atoms in total. The van der Waals surface area contributed by atoms with Crippen molar-refractivity contribution in [2.24, 2.45) is 0 Å². The van der Waals surface area contributed by atoms with Crippen molar-refractivity contribution in [3.05, 3.63) is 22.7 Å². The quantitative estimate of drug-likeness (QED) is 0.583. The first-order valence-corrected chi connectivity index (χ1v) is 8.00. The summed E-state index contributed by atoms with van der Waals surface area (Å²) in [6.07, 6.45) is -1.11. The average Bonchev–Trinajstić information content (AvgIpc) is 2.76. The standard InChI is InChI=1S/C11H18N3O7P/c1-13(2)9-3-4-14(11(16)12-9)10-5-7(15)8(21-10)6-20-22(17,18)19/h3-4,7-8,10,15H,5-6H2,1-2H3,(H2,17,18,19)/t7-,8+,10+/m0/s1. The number of rotatable bonds is 5. The lowest BCUT2D eigenvalue weighted by atomic mass is 10.2. The Bertz CT molecular complexity index is 628. The molecule has 0 aliphatic carbocycles. The number of phosphoric ester groups is 1. The molecule has 0 spiro atoms. The molecule has 11 heteroatoms. The Kier molecular flexibility index (Phi) is 5.00. The molecule has 1 aliphatic rings. The number of anilines is 1. The predicted octanol–water partition coefficient (Wildman–Crippen LogP) is -0.933. The highest BCUT2D eigenvalue weighted by molar-refractivity contribution is 7.46. The Balaban J connectivity index is 2.09. The van der Waals surface area contributed by atoms with E-state index in [1.165, 1.54) is 10.8 Å². The highest BCUT2D eigenvalue weighted by atomic mass is 31.2. The maximum absolute atomic E-state index is 12.0. The molecule has 0 bridgehead atoms. The molecule has 124 valence electrons. The maximum atomic E-state index is 12.0. The van der Waals surface area contributed by atoms with Crippen molar-refractivity contribution < 1.29 is 28.7 Å². The fourth-order valence-corrected chi connectivity index (χ4v) is 2.42. The number of aromatic nitrogens is 2. The van der Waals surface area contributed by atoms with Gasteiger partial charge in [-0.25, -0.2) is 9.36 Å². The largest absolute Gasteiger partial charge is 0.469 e. The Labute approximate surface area is 126 Å². The molecule has 3 atom stereocenters.